The maximum Gasteiger partial charge on any atom is 0.417 e. The molecule has 3 heterocycles. The zero-order valence-corrected chi connectivity index (χ0v) is 14.6. The second-order valence-electron chi connectivity index (χ2n) is 6.44. The Hall–Kier alpha value is -2.58. The Morgan fingerprint density at radius 1 is 1.23 bits per heavy atom. The van der Waals surface area contributed by atoms with Crippen LogP contribution in [0.3, 0.4) is 0 Å². The standard InChI is InChI=1S/C17H20F3N5O/c1-23-11-12(9-22-23)16(26)24(2)14-5-7-25(8-6-14)15-4-3-13(10-21-15)17(18,19)20/h3-4,9-11,14H,5-8H2,1-2H3. The largest absolute Gasteiger partial charge is 0.417 e. The van der Waals surface area contributed by atoms with Crippen molar-refractivity contribution in [2.75, 3.05) is 25.0 Å². The number of alkyl halides is 3. The van der Waals surface area contributed by atoms with Gasteiger partial charge in [0.05, 0.1) is 17.3 Å². The number of hydrogen-bond acceptors (Lipinski definition) is 4. The number of carbonyl (C=O) groups excluding carboxylic acids is 1. The van der Waals surface area contributed by atoms with Crippen molar-refractivity contribution in [3.05, 3.63) is 41.9 Å². The summed E-state index contributed by atoms with van der Waals surface area (Å²) in [7, 11) is 3.53. The predicted molar refractivity (Wildman–Crippen MR) is 89.8 cm³/mol. The van der Waals surface area contributed by atoms with Crippen molar-refractivity contribution in [1.82, 2.24) is 19.7 Å². The third kappa shape index (κ3) is 3.81. The van der Waals surface area contributed by atoms with Gasteiger partial charge in [0.1, 0.15) is 5.82 Å². The highest BCUT2D eigenvalue weighted by molar-refractivity contribution is 5.93. The number of amides is 1. The van der Waals surface area contributed by atoms with Gasteiger partial charge in [0.15, 0.2) is 0 Å². The van der Waals surface area contributed by atoms with E-state index in [1.807, 2.05) is 4.90 Å². The third-order valence-corrected chi connectivity index (χ3v) is 4.68. The molecule has 6 nitrogen and oxygen atoms in total. The van der Waals surface area contributed by atoms with Crippen molar-refractivity contribution in [3.8, 4) is 0 Å². The number of hydrogen-bond donors (Lipinski definition) is 0. The van der Waals surface area contributed by atoms with Gasteiger partial charge < -0.3 is 9.80 Å². The molecular weight excluding hydrogens is 347 g/mol. The fourth-order valence-corrected chi connectivity index (χ4v) is 3.12. The van der Waals surface area contributed by atoms with Crippen LogP contribution in [0, 0.1) is 0 Å². The topological polar surface area (TPSA) is 54.3 Å². The fraction of sp³-hybridized carbons (Fsp3) is 0.471. The second kappa shape index (κ2) is 6.97. The molecule has 26 heavy (non-hydrogen) atoms. The molecule has 3 rings (SSSR count). The Morgan fingerprint density at radius 2 is 1.92 bits per heavy atom. The highest BCUT2D eigenvalue weighted by Crippen LogP contribution is 2.30. The van der Waals surface area contributed by atoms with Crippen LogP contribution in [0.2, 0.25) is 0 Å². The van der Waals surface area contributed by atoms with Crippen LogP contribution in [0.25, 0.3) is 0 Å². The quantitative estimate of drug-likeness (QED) is 0.837. The van der Waals surface area contributed by atoms with Crippen molar-refractivity contribution in [3.63, 3.8) is 0 Å². The minimum Gasteiger partial charge on any atom is -0.356 e. The van der Waals surface area contributed by atoms with Gasteiger partial charge in [-0.25, -0.2) is 4.98 Å². The van der Waals surface area contributed by atoms with E-state index in [9.17, 15) is 18.0 Å². The molecule has 0 atom stereocenters. The molecule has 0 N–H and O–H groups in total. The summed E-state index contributed by atoms with van der Waals surface area (Å²) >= 11 is 0. The molecule has 0 spiro atoms. The van der Waals surface area contributed by atoms with Crippen LogP contribution in [0.5, 0.6) is 0 Å². The third-order valence-electron chi connectivity index (χ3n) is 4.68. The lowest BCUT2D eigenvalue weighted by atomic mass is 10.0. The Balaban J connectivity index is 1.59. The lowest BCUT2D eigenvalue weighted by Gasteiger charge is -2.37. The zero-order valence-electron chi connectivity index (χ0n) is 14.6. The van der Waals surface area contributed by atoms with Crippen LogP contribution in [0.4, 0.5) is 19.0 Å². The molecule has 1 aliphatic rings. The summed E-state index contributed by atoms with van der Waals surface area (Å²) in [5, 5.41) is 4.01. The van der Waals surface area contributed by atoms with Crippen LogP contribution < -0.4 is 4.90 Å². The van der Waals surface area contributed by atoms with Gasteiger partial charge in [0, 0.05) is 45.6 Å². The monoisotopic (exact) mass is 367 g/mol. The number of carbonyl (C=O) groups is 1. The van der Waals surface area contributed by atoms with Gasteiger partial charge in [-0.15, -0.1) is 0 Å². The van der Waals surface area contributed by atoms with E-state index in [0.29, 0.717) is 24.5 Å². The van der Waals surface area contributed by atoms with Gasteiger partial charge in [-0.1, -0.05) is 0 Å². The average molecular weight is 367 g/mol. The Bertz CT molecular complexity index is 763. The van der Waals surface area contributed by atoms with E-state index in [4.69, 9.17) is 0 Å². The van der Waals surface area contributed by atoms with Gasteiger partial charge in [-0.3, -0.25) is 9.48 Å². The summed E-state index contributed by atoms with van der Waals surface area (Å²) < 4.78 is 39.4. The molecule has 2 aromatic heterocycles. The first kappa shape index (κ1) is 18.2. The Kier molecular flexibility index (Phi) is 4.88. The molecule has 0 saturated carbocycles. The number of pyridine rings is 1. The minimum atomic E-state index is -4.38. The van der Waals surface area contributed by atoms with E-state index < -0.39 is 11.7 Å². The zero-order chi connectivity index (χ0) is 18.9. The second-order valence-corrected chi connectivity index (χ2v) is 6.44. The number of rotatable bonds is 3. The van der Waals surface area contributed by atoms with Crippen LogP contribution >= 0.6 is 0 Å². The van der Waals surface area contributed by atoms with Crippen LogP contribution in [0.15, 0.2) is 30.7 Å². The van der Waals surface area contributed by atoms with Crippen LogP contribution in [-0.4, -0.2) is 51.8 Å². The van der Waals surface area contributed by atoms with E-state index in [1.54, 1.807) is 36.1 Å². The van der Waals surface area contributed by atoms with Crippen molar-refractivity contribution in [2.24, 2.45) is 7.05 Å². The summed E-state index contributed by atoms with van der Waals surface area (Å²) in [5.41, 5.74) is -0.209. The summed E-state index contributed by atoms with van der Waals surface area (Å²) in [6.45, 7) is 1.27. The van der Waals surface area contributed by atoms with Gasteiger partial charge >= 0.3 is 6.18 Å². The Morgan fingerprint density at radius 3 is 2.42 bits per heavy atom. The SMILES string of the molecule is CN(C(=O)c1cnn(C)c1)C1CCN(c2ccc(C(F)(F)F)cn2)CC1. The molecule has 2 aromatic rings. The maximum atomic E-state index is 12.6. The van der Waals surface area contributed by atoms with Gasteiger partial charge in [0.25, 0.3) is 5.91 Å². The number of nitrogens with zero attached hydrogens (tertiary/aromatic N) is 5. The summed E-state index contributed by atoms with van der Waals surface area (Å²) in [4.78, 5) is 20.1. The Labute approximate surface area is 149 Å². The molecular formula is C17H20F3N5O. The van der Waals surface area contributed by atoms with Gasteiger partial charge in [-0.05, 0) is 25.0 Å². The van der Waals surface area contributed by atoms with Crippen molar-refractivity contribution in [1.29, 1.82) is 0 Å². The molecule has 1 aliphatic heterocycles. The normalized spacial score (nSPS) is 16.0. The molecule has 0 radical (unpaired) electrons. The minimum absolute atomic E-state index is 0.0772. The number of anilines is 1. The van der Waals surface area contributed by atoms with Gasteiger partial charge in [0.2, 0.25) is 0 Å². The predicted octanol–water partition coefficient (Wildman–Crippen LogP) is 2.57. The number of piperidine rings is 1. The summed E-state index contributed by atoms with van der Waals surface area (Å²) in [5.74, 6) is 0.446. The first-order chi connectivity index (χ1) is 12.3. The van der Waals surface area contributed by atoms with Gasteiger partial charge in [-0.2, -0.15) is 18.3 Å². The van der Waals surface area contributed by atoms with E-state index in [-0.39, 0.29) is 11.9 Å². The molecule has 1 fully saturated rings. The van der Waals surface area contributed by atoms with Crippen molar-refractivity contribution in [2.45, 2.75) is 25.1 Å². The molecule has 140 valence electrons. The van der Waals surface area contributed by atoms with E-state index in [1.165, 1.54) is 6.07 Å². The van der Waals surface area contributed by atoms with E-state index >= 15 is 0 Å². The molecule has 0 aliphatic carbocycles. The van der Waals surface area contributed by atoms with E-state index in [2.05, 4.69) is 10.1 Å². The summed E-state index contributed by atoms with van der Waals surface area (Å²) in [6, 6.07) is 2.52. The van der Waals surface area contributed by atoms with Crippen LogP contribution in [0.1, 0.15) is 28.8 Å². The molecule has 0 aromatic carbocycles. The first-order valence-corrected chi connectivity index (χ1v) is 8.29. The highest BCUT2D eigenvalue weighted by atomic mass is 19.4. The average Bonchev–Trinajstić information content (AvgIpc) is 3.06. The van der Waals surface area contributed by atoms with Crippen LogP contribution in [-0.2, 0) is 13.2 Å². The number of aromatic nitrogens is 3. The molecule has 9 heteroatoms. The number of aryl methyl sites for hydroxylation is 1. The lowest BCUT2D eigenvalue weighted by Crippen LogP contribution is -2.45. The number of halogens is 3. The highest BCUT2D eigenvalue weighted by Gasteiger charge is 2.31. The molecule has 1 saturated heterocycles. The summed E-state index contributed by atoms with van der Waals surface area (Å²) in [6.07, 6.45) is 1.16. The molecule has 1 amide bonds. The van der Waals surface area contributed by atoms with Crippen molar-refractivity contribution < 1.29 is 18.0 Å². The molecule has 0 unspecified atom stereocenters. The smallest absolute Gasteiger partial charge is 0.356 e. The molecule has 0 bridgehead atoms. The fourth-order valence-electron chi connectivity index (χ4n) is 3.12. The first-order valence-electron chi connectivity index (χ1n) is 8.29. The lowest BCUT2D eigenvalue weighted by molar-refractivity contribution is -0.137. The van der Waals surface area contributed by atoms with E-state index in [0.717, 1.165) is 25.1 Å². The van der Waals surface area contributed by atoms with Crippen molar-refractivity contribution >= 4 is 11.7 Å². The maximum absolute atomic E-state index is 12.6.